The van der Waals surface area contributed by atoms with Gasteiger partial charge in [-0.3, -0.25) is 0 Å². The Morgan fingerprint density at radius 2 is 1.11 bits per heavy atom. The average Bonchev–Trinajstić information content (AvgIpc) is 3.11. The van der Waals surface area contributed by atoms with Gasteiger partial charge in [0.15, 0.2) is 5.82 Å². The monoisotopic (exact) mass is 716 g/mol. The highest BCUT2D eigenvalue weighted by Crippen LogP contribution is 2.29. The zero-order valence-electron chi connectivity index (χ0n) is 26.7. The Morgan fingerprint density at radius 1 is 0.547 bits per heavy atom. The molecule has 0 aliphatic carbocycles. The molecule has 0 aliphatic rings. The molecule has 0 aliphatic heterocycles. The van der Waals surface area contributed by atoms with E-state index in [2.05, 4.69) is 12.1 Å². The van der Waals surface area contributed by atoms with Crippen LogP contribution in [0.1, 0.15) is 43.0 Å². The molecule has 0 spiro atoms. The van der Waals surface area contributed by atoms with Crippen LogP contribution in [0.5, 0.6) is 11.5 Å². The summed E-state index contributed by atoms with van der Waals surface area (Å²) in [5.41, 5.74) is -0.921. The molecule has 0 N–H and O–H groups in total. The maximum absolute atomic E-state index is 15.0. The van der Waals surface area contributed by atoms with Crippen LogP contribution in [0.3, 0.4) is 0 Å². The Bertz CT molecular complexity index is 2370. The third kappa shape index (κ3) is 7.70. The highest BCUT2D eigenvalue weighted by molar-refractivity contribution is 5.92. The summed E-state index contributed by atoms with van der Waals surface area (Å²) in [4.78, 5) is 25.4. The summed E-state index contributed by atoms with van der Waals surface area (Å²) in [5, 5.41) is 17.7. The minimum atomic E-state index is -1.14. The van der Waals surface area contributed by atoms with Crippen LogP contribution < -0.4 is 9.47 Å². The van der Waals surface area contributed by atoms with Crippen molar-refractivity contribution in [3.63, 3.8) is 0 Å². The molecule has 12 heteroatoms. The Balaban J connectivity index is 1.09. The quantitative estimate of drug-likeness (QED) is 0.0885. The topological polar surface area (TPSA) is 100 Å². The summed E-state index contributed by atoms with van der Waals surface area (Å²) in [5.74, 6) is -8.26. The van der Waals surface area contributed by atoms with E-state index in [1.165, 1.54) is 48.5 Å². The summed E-state index contributed by atoms with van der Waals surface area (Å²) in [6, 6.07) is 26.2. The summed E-state index contributed by atoms with van der Waals surface area (Å²) in [6.07, 6.45) is -0.0157. The summed E-state index contributed by atoms with van der Waals surface area (Å²) >= 11 is 0. The molecular weight excluding hydrogens is 698 g/mol. The number of nitrogens with zero attached hydrogens (tertiary/aromatic N) is 2. The van der Waals surface area contributed by atoms with Crippen molar-refractivity contribution in [3.05, 3.63) is 177 Å². The zero-order chi connectivity index (χ0) is 37.8. The van der Waals surface area contributed by atoms with Gasteiger partial charge in [0.05, 0.1) is 16.7 Å². The standard InChI is InChI=1S/C41H18F6N2O4/c42-34-16-24(3-5-26(34)20-48)30-11-7-28(18-38(30)46)52-40(50)32-9-1-22(14-36(32)44)13-23-2-10-33(37(45)15-23)41(51)53-29-8-12-31(39(47)19-29)25-4-6-27(21-49)35(43)17-25/h1-3,5,7-12,14-19H,13H2. The van der Waals surface area contributed by atoms with E-state index in [1.807, 2.05) is 0 Å². The first-order chi connectivity index (χ1) is 25.4. The molecule has 6 aromatic rings. The molecule has 0 aromatic heterocycles. The van der Waals surface area contributed by atoms with Crippen molar-refractivity contribution >= 4 is 11.9 Å². The fourth-order valence-electron chi connectivity index (χ4n) is 5.22. The second-order valence-electron chi connectivity index (χ2n) is 11.3. The molecule has 0 bridgehead atoms. The third-order valence-corrected chi connectivity index (χ3v) is 7.85. The lowest BCUT2D eigenvalue weighted by Crippen LogP contribution is -2.12. The number of benzene rings is 5. The van der Waals surface area contributed by atoms with E-state index < -0.39 is 63.5 Å². The molecule has 0 saturated heterocycles. The number of hydrogen-bond donors (Lipinski definition) is 0. The van der Waals surface area contributed by atoms with Crippen LogP contribution in [-0.2, 0) is 6.42 Å². The van der Waals surface area contributed by atoms with Gasteiger partial charge in [0, 0.05) is 28.8 Å². The third-order valence-electron chi connectivity index (χ3n) is 7.85. The van der Waals surface area contributed by atoms with Gasteiger partial charge in [-0.05, 0) is 95.9 Å². The van der Waals surface area contributed by atoms with Gasteiger partial charge in [0.2, 0.25) is 0 Å². The van der Waals surface area contributed by atoms with Gasteiger partial charge in [-0.1, -0.05) is 24.3 Å². The molecule has 53 heavy (non-hydrogen) atoms. The number of rotatable bonds is 8. The molecule has 258 valence electrons. The van der Waals surface area contributed by atoms with E-state index in [4.69, 9.17) is 20.0 Å². The van der Waals surface area contributed by atoms with Gasteiger partial charge in [0.1, 0.15) is 58.3 Å². The average molecular weight is 717 g/mol. The van der Waals surface area contributed by atoms with Crippen molar-refractivity contribution in [1.82, 2.24) is 0 Å². The zero-order valence-corrected chi connectivity index (χ0v) is 26.7. The van der Waals surface area contributed by atoms with Crippen molar-refractivity contribution < 1.29 is 45.4 Å². The molecule has 6 rings (SSSR count). The van der Waals surface area contributed by atoms with Gasteiger partial charge < -0.3 is 9.47 Å². The van der Waals surface area contributed by atoms with Crippen LogP contribution in [0, 0.1) is 69.7 Å². The van der Waals surface area contributed by atoms with Crippen LogP contribution in [0.2, 0.25) is 0 Å². The van der Waals surface area contributed by atoms with Crippen molar-refractivity contribution in [2.45, 2.75) is 6.42 Å². The van der Waals surface area contributed by atoms with Gasteiger partial charge in [-0.2, -0.15) is 10.5 Å². The van der Waals surface area contributed by atoms with Crippen molar-refractivity contribution in [1.29, 1.82) is 10.5 Å². The number of hydrogen-bond acceptors (Lipinski definition) is 6. The van der Waals surface area contributed by atoms with E-state index in [0.29, 0.717) is 11.1 Å². The van der Waals surface area contributed by atoms with Gasteiger partial charge in [-0.15, -0.1) is 0 Å². The first kappa shape index (κ1) is 35.5. The predicted octanol–water partition coefficient (Wildman–Crippen LogP) is 9.23. The SMILES string of the molecule is N#Cc1c#cc(-c2ccc(OC(=O)c3ccc(Cc4ccc(C(=O)Oc5ccc(-c6ccc(C#N)c(F)c6)c(F)c5)c(F)c4)cc3F)cc2F)cc1F. The van der Waals surface area contributed by atoms with Crippen molar-refractivity contribution in [3.8, 4) is 45.9 Å². The number of esters is 2. The Labute approximate surface area is 297 Å². The molecule has 0 saturated carbocycles. The summed E-state index contributed by atoms with van der Waals surface area (Å²) in [6.45, 7) is 0. The van der Waals surface area contributed by atoms with Crippen LogP contribution in [0.4, 0.5) is 26.3 Å². The molecule has 0 fully saturated rings. The van der Waals surface area contributed by atoms with Crippen molar-refractivity contribution in [2.24, 2.45) is 0 Å². The Morgan fingerprint density at radius 3 is 1.58 bits per heavy atom. The molecule has 6 nitrogen and oxygen atoms in total. The number of nitriles is 2. The van der Waals surface area contributed by atoms with E-state index in [9.17, 15) is 35.9 Å². The predicted molar refractivity (Wildman–Crippen MR) is 176 cm³/mol. The van der Waals surface area contributed by atoms with Gasteiger partial charge in [0.25, 0.3) is 0 Å². The first-order valence-electron chi connectivity index (χ1n) is 15.3. The minimum absolute atomic E-state index is 0.0157. The second kappa shape index (κ2) is 14.9. The van der Waals surface area contributed by atoms with Crippen molar-refractivity contribution in [2.75, 3.05) is 0 Å². The Hall–Kier alpha value is -7.36. The number of halogens is 6. The fourth-order valence-corrected chi connectivity index (χ4v) is 5.22. The highest BCUT2D eigenvalue weighted by atomic mass is 19.1. The van der Waals surface area contributed by atoms with Crippen LogP contribution in [-0.4, -0.2) is 11.9 Å². The molecule has 0 atom stereocenters. The fraction of sp³-hybridized carbons (Fsp3) is 0.0244. The van der Waals surface area contributed by atoms with E-state index >= 15 is 0 Å². The normalized spacial score (nSPS) is 10.5. The number of ether oxygens (including phenoxy) is 2. The van der Waals surface area contributed by atoms with Gasteiger partial charge in [-0.25, -0.2) is 35.9 Å². The van der Waals surface area contributed by atoms with E-state index in [-0.39, 0.29) is 45.7 Å². The minimum Gasteiger partial charge on any atom is -0.423 e. The Kier molecular flexibility index (Phi) is 9.94. The maximum Gasteiger partial charge on any atom is 0.346 e. The number of carbonyl (C=O) groups is 2. The van der Waals surface area contributed by atoms with Crippen LogP contribution in [0.15, 0.2) is 97.1 Å². The highest BCUT2D eigenvalue weighted by Gasteiger charge is 2.19. The second-order valence-corrected chi connectivity index (χ2v) is 11.3. The number of carbonyl (C=O) groups excluding carboxylic acids is 2. The summed E-state index contributed by atoms with van der Waals surface area (Å²) in [7, 11) is 0. The lowest BCUT2D eigenvalue weighted by atomic mass is 10.0. The largest absolute Gasteiger partial charge is 0.423 e. The van der Waals surface area contributed by atoms with Gasteiger partial charge >= 0.3 is 11.9 Å². The smallest absolute Gasteiger partial charge is 0.346 e. The van der Waals surface area contributed by atoms with Crippen LogP contribution in [0.25, 0.3) is 22.3 Å². The summed E-state index contributed by atoms with van der Waals surface area (Å²) < 4.78 is 97.8. The van der Waals surface area contributed by atoms with Crippen LogP contribution >= 0.6 is 0 Å². The molecule has 0 unspecified atom stereocenters. The molecular formula is C41H18F6N2O4. The lowest BCUT2D eigenvalue weighted by molar-refractivity contribution is 0.0719. The molecule has 0 heterocycles. The molecule has 6 aromatic carbocycles. The lowest BCUT2D eigenvalue weighted by Gasteiger charge is -2.10. The maximum atomic E-state index is 15.0. The molecule has 0 amide bonds. The van der Waals surface area contributed by atoms with E-state index in [1.54, 1.807) is 12.1 Å². The molecule has 0 radical (unpaired) electrons. The van der Waals surface area contributed by atoms with E-state index in [0.717, 1.165) is 48.5 Å². The first-order valence-corrected chi connectivity index (χ1v) is 15.3.